The third-order valence-electron chi connectivity index (χ3n) is 5.40. The molecule has 0 amide bonds. The fourth-order valence-corrected chi connectivity index (χ4v) is 4.72. The van der Waals surface area contributed by atoms with E-state index >= 15 is 0 Å². The molecule has 1 N–H and O–H groups in total. The van der Waals surface area contributed by atoms with E-state index in [0.717, 1.165) is 57.0 Å². The van der Waals surface area contributed by atoms with Crippen molar-refractivity contribution in [3.63, 3.8) is 0 Å². The van der Waals surface area contributed by atoms with Gasteiger partial charge in [0.05, 0.1) is 9.75 Å². The van der Waals surface area contributed by atoms with Crippen LogP contribution in [0.15, 0.2) is 78.9 Å². The molecule has 0 bridgehead atoms. The highest BCUT2D eigenvalue weighted by Crippen LogP contribution is 2.34. The van der Waals surface area contributed by atoms with Crippen LogP contribution in [-0.2, 0) is 6.42 Å². The Morgan fingerprint density at radius 3 is 2.42 bits per heavy atom. The van der Waals surface area contributed by atoms with Gasteiger partial charge in [-0.05, 0) is 56.2 Å². The molecular weight excluding hydrogens is 424 g/mol. The lowest BCUT2D eigenvalue weighted by Gasteiger charge is -2.10. The summed E-state index contributed by atoms with van der Waals surface area (Å²) in [5, 5.41) is 3.64. The molecule has 0 saturated heterocycles. The van der Waals surface area contributed by atoms with Gasteiger partial charge in [-0.2, -0.15) is 0 Å². The highest BCUT2D eigenvalue weighted by Gasteiger charge is 2.18. The number of nitrogens with one attached hydrogen (secondary N) is 1. The second-order valence-electron chi connectivity index (χ2n) is 7.93. The van der Waals surface area contributed by atoms with E-state index in [2.05, 4.69) is 75.9 Å². The molecule has 3 heterocycles. The number of hydrogen-bond donors (Lipinski definition) is 1. The predicted molar refractivity (Wildman–Crippen MR) is 137 cm³/mol. The highest BCUT2D eigenvalue weighted by atomic mass is 32.1. The van der Waals surface area contributed by atoms with Crippen molar-refractivity contribution in [3.05, 3.63) is 106 Å². The van der Waals surface area contributed by atoms with Crippen LogP contribution in [0.25, 0.3) is 16.3 Å². The summed E-state index contributed by atoms with van der Waals surface area (Å²) in [4.78, 5) is 11.7. The molecule has 0 saturated carbocycles. The van der Waals surface area contributed by atoms with E-state index < -0.39 is 0 Å². The van der Waals surface area contributed by atoms with Crippen LogP contribution in [0.3, 0.4) is 0 Å². The second kappa shape index (κ2) is 9.32. The van der Waals surface area contributed by atoms with Crippen molar-refractivity contribution in [1.29, 1.82) is 0 Å². The van der Waals surface area contributed by atoms with E-state index in [0.29, 0.717) is 0 Å². The monoisotopic (exact) mass is 448 g/mol. The molecule has 0 spiro atoms. The number of aryl methyl sites for hydroxylation is 2. The lowest BCUT2D eigenvalue weighted by Crippen LogP contribution is -2.09. The summed E-state index contributed by atoms with van der Waals surface area (Å²) in [6, 6.07) is 26.8. The van der Waals surface area contributed by atoms with Gasteiger partial charge in [0.2, 0.25) is 5.78 Å². The first-order chi connectivity index (χ1) is 16.2. The Morgan fingerprint density at radius 2 is 1.64 bits per heavy atom. The minimum atomic E-state index is 0.718. The summed E-state index contributed by atoms with van der Waals surface area (Å²) >= 11 is 1.66. The van der Waals surface area contributed by atoms with Crippen LogP contribution < -0.4 is 5.32 Å². The molecule has 4 nitrogen and oxygen atoms in total. The van der Waals surface area contributed by atoms with Crippen molar-refractivity contribution < 1.29 is 0 Å². The Hall–Kier alpha value is -3.88. The van der Waals surface area contributed by atoms with E-state index in [9.17, 15) is 0 Å². The first-order valence-corrected chi connectivity index (χ1v) is 11.8. The summed E-state index contributed by atoms with van der Waals surface area (Å²) < 4.78 is 2.11. The van der Waals surface area contributed by atoms with Crippen molar-refractivity contribution in [3.8, 4) is 22.4 Å². The van der Waals surface area contributed by atoms with Crippen LogP contribution in [0.2, 0.25) is 0 Å². The molecule has 0 fully saturated rings. The van der Waals surface area contributed by atoms with Gasteiger partial charge < -0.3 is 5.32 Å². The SMILES string of the molecule is Cc1cc(C)n2c(NCCc3ccccc3)c(-c3ccc(C#Cc4ccccc4)s3)nc2n1. The number of hydrogen-bond acceptors (Lipinski definition) is 4. The molecule has 0 aliphatic heterocycles. The second-order valence-corrected chi connectivity index (χ2v) is 9.01. The van der Waals surface area contributed by atoms with Gasteiger partial charge in [0, 0.05) is 23.5 Å². The van der Waals surface area contributed by atoms with Crippen LogP contribution in [0.4, 0.5) is 5.82 Å². The topological polar surface area (TPSA) is 42.2 Å². The average Bonchev–Trinajstić information content (AvgIpc) is 3.44. The van der Waals surface area contributed by atoms with E-state index in [4.69, 9.17) is 4.98 Å². The lowest BCUT2D eigenvalue weighted by molar-refractivity contribution is 0.970. The number of benzene rings is 2. The fourth-order valence-electron chi connectivity index (χ4n) is 3.87. The summed E-state index contributed by atoms with van der Waals surface area (Å²) in [6.07, 6.45) is 0.935. The zero-order valence-corrected chi connectivity index (χ0v) is 19.5. The van der Waals surface area contributed by atoms with Crippen LogP contribution >= 0.6 is 11.3 Å². The molecule has 5 rings (SSSR count). The number of anilines is 1. The Labute approximate surface area is 198 Å². The van der Waals surface area contributed by atoms with Gasteiger partial charge >= 0.3 is 0 Å². The minimum Gasteiger partial charge on any atom is -0.369 e. The molecule has 3 aromatic heterocycles. The normalized spacial score (nSPS) is 10.7. The zero-order chi connectivity index (χ0) is 22.6. The molecule has 33 heavy (non-hydrogen) atoms. The number of fused-ring (bicyclic) bond motifs is 1. The Kier molecular flexibility index (Phi) is 5.93. The molecule has 0 aliphatic carbocycles. The molecule has 5 aromatic rings. The number of aromatic nitrogens is 3. The van der Waals surface area contributed by atoms with Gasteiger partial charge in [-0.3, -0.25) is 4.40 Å². The van der Waals surface area contributed by atoms with Gasteiger partial charge in [-0.15, -0.1) is 11.3 Å². The largest absolute Gasteiger partial charge is 0.369 e. The standard InChI is InChI=1S/C28H24N4S/c1-20-19-21(2)32-27(29-18-17-23-11-7-4-8-12-23)26(31-28(32)30-20)25-16-15-24(33-25)14-13-22-9-5-3-6-10-22/h3-12,15-16,19,29H,17-18H2,1-2H3. The number of imidazole rings is 1. The van der Waals surface area contributed by atoms with Crippen molar-refractivity contribution in [2.45, 2.75) is 20.3 Å². The maximum Gasteiger partial charge on any atom is 0.236 e. The van der Waals surface area contributed by atoms with Gasteiger partial charge in [-0.1, -0.05) is 60.4 Å². The molecule has 2 aromatic carbocycles. The van der Waals surface area contributed by atoms with E-state index in [1.807, 2.05) is 43.3 Å². The summed E-state index contributed by atoms with van der Waals surface area (Å²) in [5.41, 5.74) is 5.31. The third-order valence-corrected chi connectivity index (χ3v) is 6.41. The van der Waals surface area contributed by atoms with Crippen LogP contribution in [0.1, 0.15) is 27.4 Å². The number of nitrogens with zero attached hydrogens (tertiary/aromatic N) is 3. The zero-order valence-electron chi connectivity index (χ0n) is 18.7. The Morgan fingerprint density at radius 1 is 0.879 bits per heavy atom. The fraction of sp³-hybridized carbons (Fsp3) is 0.143. The maximum absolute atomic E-state index is 4.91. The van der Waals surface area contributed by atoms with Crippen LogP contribution in [0, 0.1) is 25.7 Å². The van der Waals surface area contributed by atoms with Gasteiger partial charge in [0.15, 0.2) is 0 Å². The van der Waals surface area contributed by atoms with Crippen molar-refractivity contribution in [2.75, 3.05) is 11.9 Å². The first-order valence-electron chi connectivity index (χ1n) is 11.0. The summed E-state index contributed by atoms with van der Waals surface area (Å²) in [7, 11) is 0. The Bertz CT molecular complexity index is 1450. The van der Waals surface area contributed by atoms with E-state index in [1.54, 1.807) is 11.3 Å². The number of thiophene rings is 1. The lowest BCUT2D eigenvalue weighted by atomic mass is 10.1. The molecule has 0 radical (unpaired) electrons. The van der Waals surface area contributed by atoms with E-state index in [1.165, 1.54) is 5.56 Å². The summed E-state index contributed by atoms with van der Waals surface area (Å²) in [5.74, 6) is 8.23. The molecule has 5 heteroatoms. The Balaban J connectivity index is 1.48. The molecule has 0 atom stereocenters. The third kappa shape index (κ3) is 4.67. The van der Waals surface area contributed by atoms with Gasteiger partial charge in [0.25, 0.3) is 0 Å². The van der Waals surface area contributed by atoms with Crippen LogP contribution in [-0.4, -0.2) is 20.9 Å². The minimum absolute atomic E-state index is 0.718. The van der Waals surface area contributed by atoms with Crippen LogP contribution in [0.5, 0.6) is 0 Å². The quantitative estimate of drug-likeness (QED) is 0.329. The van der Waals surface area contributed by atoms with Crippen molar-refractivity contribution >= 4 is 22.9 Å². The van der Waals surface area contributed by atoms with Crippen molar-refractivity contribution in [2.24, 2.45) is 0 Å². The van der Waals surface area contributed by atoms with Crippen molar-refractivity contribution in [1.82, 2.24) is 14.4 Å². The predicted octanol–water partition coefficient (Wildman–Crippen LogP) is 6.13. The molecule has 162 valence electrons. The molecule has 0 unspecified atom stereocenters. The van der Waals surface area contributed by atoms with Gasteiger partial charge in [0.1, 0.15) is 11.5 Å². The smallest absolute Gasteiger partial charge is 0.236 e. The molecule has 0 aliphatic rings. The summed E-state index contributed by atoms with van der Waals surface area (Å²) in [6.45, 7) is 4.91. The highest BCUT2D eigenvalue weighted by molar-refractivity contribution is 7.16. The molecular formula is C28H24N4S. The number of rotatable bonds is 5. The maximum atomic E-state index is 4.91. The van der Waals surface area contributed by atoms with E-state index in [-0.39, 0.29) is 0 Å². The van der Waals surface area contributed by atoms with Gasteiger partial charge in [-0.25, -0.2) is 9.97 Å². The average molecular weight is 449 g/mol. The first kappa shape index (κ1) is 21.0.